The molecule has 0 aliphatic carbocycles. The summed E-state index contributed by atoms with van der Waals surface area (Å²) in [4.78, 5) is 25.2. The van der Waals surface area contributed by atoms with Crippen LogP contribution >= 0.6 is 0 Å². The Labute approximate surface area is 121 Å². The number of carbonyl (C=O) groups excluding carboxylic acids is 1. The van der Waals surface area contributed by atoms with E-state index >= 15 is 0 Å². The van der Waals surface area contributed by atoms with Crippen LogP contribution in [-0.2, 0) is 4.79 Å². The summed E-state index contributed by atoms with van der Waals surface area (Å²) in [6.07, 6.45) is 2.75. The van der Waals surface area contributed by atoms with Crippen LogP contribution in [0.25, 0.3) is 0 Å². The van der Waals surface area contributed by atoms with Crippen molar-refractivity contribution in [1.82, 2.24) is 10.2 Å². The van der Waals surface area contributed by atoms with Crippen molar-refractivity contribution < 1.29 is 14.7 Å². The molecule has 0 spiro atoms. The highest BCUT2D eigenvalue weighted by Gasteiger charge is 2.28. The van der Waals surface area contributed by atoms with Crippen molar-refractivity contribution in [3.05, 3.63) is 0 Å². The van der Waals surface area contributed by atoms with E-state index in [9.17, 15) is 14.7 Å². The molecule has 0 saturated carbocycles. The largest absolute Gasteiger partial charge is 0.481 e. The minimum absolute atomic E-state index is 0.126. The van der Waals surface area contributed by atoms with E-state index in [2.05, 4.69) is 12.2 Å². The van der Waals surface area contributed by atoms with Gasteiger partial charge in [-0.2, -0.15) is 0 Å². The molecule has 116 valence electrons. The molecule has 2 N–H and O–H groups in total. The Morgan fingerprint density at radius 3 is 2.50 bits per heavy atom. The van der Waals surface area contributed by atoms with Crippen LogP contribution in [0.5, 0.6) is 0 Å². The maximum Gasteiger partial charge on any atom is 0.317 e. The Hall–Kier alpha value is -1.26. The molecule has 1 aliphatic rings. The van der Waals surface area contributed by atoms with Crippen LogP contribution in [0.3, 0.4) is 0 Å². The molecule has 5 nitrogen and oxygen atoms in total. The number of aliphatic carboxylic acids is 1. The molecule has 0 aromatic carbocycles. The fraction of sp³-hybridized carbons (Fsp3) is 0.867. The highest BCUT2D eigenvalue weighted by Crippen LogP contribution is 2.21. The Morgan fingerprint density at radius 1 is 1.30 bits per heavy atom. The van der Waals surface area contributed by atoms with Crippen LogP contribution in [0.4, 0.5) is 4.79 Å². The second kappa shape index (κ2) is 7.50. The van der Waals surface area contributed by atoms with Crippen LogP contribution in [0.2, 0.25) is 0 Å². The summed E-state index contributed by atoms with van der Waals surface area (Å²) >= 11 is 0. The lowest BCUT2D eigenvalue weighted by atomic mass is 9.95. The highest BCUT2D eigenvalue weighted by atomic mass is 16.4. The van der Waals surface area contributed by atoms with Gasteiger partial charge >= 0.3 is 12.0 Å². The summed E-state index contributed by atoms with van der Waals surface area (Å²) in [6.45, 7) is 9.15. The second-order valence-corrected chi connectivity index (χ2v) is 6.53. The maximum atomic E-state index is 12.2. The van der Waals surface area contributed by atoms with E-state index in [-0.39, 0.29) is 18.6 Å². The van der Waals surface area contributed by atoms with Gasteiger partial charge in [0.1, 0.15) is 0 Å². The van der Waals surface area contributed by atoms with Gasteiger partial charge < -0.3 is 15.3 Å². The first kappa shape index (κ1) is 16.8. The van der Waals surface area contributed by atoms with Gasteiger partial charge in [0.25, 0.3) is 0 Å². The van der Waals surface area contributed by atoms with Gasteiger partial charge in [-0.15, -0.1) is 0 Å². The number of hydrogen-bond donors (Lipinski definition) is 2. The van der Waals surface area contributed by atoms with Crippen LogP contribution in [0.15, 0.2) is 0 Å². The van der Waals surface area contributed by atoms with Gasteiger partial charge in [-0.1, -0.05) is 20.8 Å². The molecule has 0 aromatic rings. The molecule has 20 heavy (non-hydrogen) atoms. The second-order valence-electron chi connectivity index (χ2n) is 6.53. The lowest BCUT2D eigenvalue weighted by Crippen LogP contribution is -2.50. The molecule has 5 heteroatoms. The molecule has 0 aromatic heterocycles. The zero-order chi connectivity index (χ0) is 15.3. The summed E-state index contributed by atoms with van der Waals surface area (Å²) in [5.41, 5.74) is 0. The Bertz CT molecular complexity index is 344. The summed E-state index contributed by atoms with van der Waals surface area (Å²) in [6, 6.07) is 0.110. The number of hydrogen-bond acceptors (Lipinski definition) is 2. The molecular weight excluding hydrogens is 256 g/mol. The summed E-state index contributed by atoms with van der Waals surface area (Å²) in [5, 5.41) is 12.0. The van der Waals surface area contributed by atoms with Crippen molar-refractivity contribution in [2.24, 2.45) is 17.8 Å². The van der Waals surface area contributed by atoms with E-state index in [1.165, 1.54) is 0 Å². The van der Waals surface area contributed by atoms with Gasteiger partial charge in [0.15, 0.2) is 0 Å². The number of carbonyl (C=O) groups is 2. The monoisotopic (exact) mass is 284 g/mol. The molecule has 0 bridgehead atoms. The van der Waals surface area contributed by atoms with Gasteiger partial charge in [-0.05, 0) is 38.0 Å². The summed E-state index contributed by atoms with van der Waals surface area (Å²) < 4.78 is 0. The number of carboxylic acids is 1. The van der Waals surface area contributed by atoms with E-state index in [4.69, 9.17) is 0 Å². The van der Waals surface area contributed by atoms with Gasteiger partial charge in [-0.3, -0.25) is 4.79 Å². The van der Waals surface area contributed by atoms with Crippen LogP contribution in [0.1, 0.15) is 47.0 Å². The van der Waals surface area contributed by atoms with E-state index < -0.39 is 11.9 Å². The fourth-order valence-electron chi connectivity index (χ4n) is 2.72. The highest BCUT2D eigenvalue weighted by molar-refractivity contribution is 5.76. The average molecular weight is 284 g/mol. The quantitative estimate of drug-likeness (QED) is 0.815. The van der Waals surface area contributed by atoms with E-state index in [1.807, 2.05) is 25.7 Å². The third-order valence-electron chi connectivity index (χ3n) is 3.98. The summed E-state index contributed by atoms with van der Waals surface area (Å²) in [5.74, 6) is -0.514. The standard InChI is InChI=1S/C15H28N2O3/c1-10(2)7-13(14(18)19)8-16-15(20)17-9-11(3)5-6-12(17)4/h10-13H,5-9H2,1-4H3,(H,16,20)(H,18,19). The zero-order valence-electron chi connectivity index (χ0n) is 13.1. The SMILES string of the molecule is CC(C)CC(CNC(=O)N1CC(C)CCC1C)C(=O)O. The van der Waals surface area contributed by atoms with Gasteiger partial charge in [0.05, 0.1) is 5.92 Å². The third-order valence-corrected chi connectivity index (χ3v) is 3.98. The van der Waals surface area contributed by atoms with Crippen molar-refractivity contribution >= 4 is 12.0 Å². The van der Waals surface area contributed by atoms with Crippen LogP contribution < -0.4 is 5.32 Å². The van der Waals surface area contributed by atoms with E-state index in [0.29, 0.717) is 18.3 Å². The number of amides is 2. The van der Waals surface area contributed by atoms with Crippen molar-refractivity contribution in [2.45, 2.75) is 53.0 Å². The number of rotatable bonds is 5. The predicted octanol–water partition coefficient (Wildman–Crippen LogP) is 2.56. The Balaban J connectivity index is 2.50. The lowest BCUT2D eigenvalue weighted by molar-refractivity contribution is -0.142. The molecule has 1 aliphatic heterocycles. The van der Waals surface area contributed by atoms with Crippen LogP contribution in [-0.4, -0.2) is 41.1 Å². The van der Waals surface area contributed by atoms with Gasteiger partial charge in [0, 0.05) is 19.1 Å². The molecule has 1 fully saturated rings. The number of piperidine rings is 1. The number of nitrogens with zero attached hydrogens (tertiary/aromatic N) is 1. The smallest absolute Gasteiger partial charge is 0.317 e. The first-order valence-corrected chi connectivity index (χ1v) is 7.58. The number of urea groups is 1. The molecular formula is C15H28N2O3. The Kier molecular flexibility index (Phi) is 6.30. The molecule has 2 amide bonds. The third kappa shape index (κ3) is 5.02. The molecule has 3 atom stereocenters. The zero-order valence-corrected chi connectivity index (χ0v) is 13.1. The Morgan fingerprint density at radius 2 is 1.95 bits per heavy atom. The maximum absolute atomic E-state index is 12.2. The predicted molar refractivity (Wildman–Crippen MR) is 78.5 cm³/mol. The first-order chi connectivity index (χ1) is 9.31. The summed E-state index contributed by atoms with van der Waals surface area (Å²) in [7, 11) is 0. The molecule has 1 rings (SSSR count). The number of likely N-dealkylation sites (tertiary alicyclic amines) is 1. The van der Waals surface area contributed by atoms with E-state index in [0.717, 1.165) is 19.4 Å². The van der Waals surface area contributed by atoms with E-state index in [1.54, 1.807) is 0 Å². The minimum Gasteiger partial charge on any atom is -0.481 e. The molecule has 0 radical (unpaired) electrons. The number of carboxylic acid groups (broad SMARTS) is 1. The van der Waals surface area contributed by atoms with Crippen molar-refractivity contribution in [1.29, 1.82) is 0 Å². The van der Waals surface area contributed by atoms with Crippen molar-refractivity contribution in [3.8, 4) is 0 Å². The molecule has 3 unspecified atom stereocenters. The van der Waals surface area contributed by atoms with Crippen LogP contribution in [0, 0.1) is 17.8 Å². The average Bonchev–Trinajstić information content (AvgIpc) is 2.36. The van der Waals surface area contributed by atoms with Gasteiger partial charge in [-0.25, -0.2) is 4.79 Å². The first-order valence-electron chi connectivity index (χ1n) is 7.58. The normalized spacial score (nSPS) is 24.6. The van der Waals surface area contributed by atoms with Gasteiger partial charge in [0.2, 0.25) is 0 Å². The molecule has 1 heterocycles. The van der Waals surface area contributed by atoms with Crippen molar-refractivity contribution in [3.63, 3.8) is 0 Å². The van der Waals surface area contributed by atoms with Crippen molar-refractivity contribution in [2.75, 3.05) is 13.1 Å². The fourth-order valence-corrected chi connectivity index (χ4v) is 2.72. The molecule has 1 saturated heterocycles. The lowest BCUT2D eigenvalue weighted by Gasteiger charge is -2.37. The minimum atomic E-state index is -0.834. The number of nitrogens with one attached hydrogen (secondary N) is 1. The topological polar surface area (TPSA) is 69.6 Å².